The molecule has 0 bridgehead atoms. The fourth-order valence-corrected chi connectivity index (χ4v) is 4.63. The summed E-state index contributed by atoms with van der Waals surface area (Å²) in [6.45, 7) is 2.89. The number of amides is 2. The molecule has 0 radical (unpaired) electrons. The molecule has 166 valence electrons. The number of aliphatic hydroxyl groups is 1. The predicted octanol–water partition coefficient (Wildman–Crippen LogP) is 3.93. The highest BCUT2D eigenvalue weighted by Crippen LogP contribution is 2.22. The fourth-order valence-electron chi connectivity index (χ4n) is 4.06. The molecule has 1 N–H and O–H groups in total. The van der Waals surface area contributed by atoms with Crippen LogP contribution in [0, 0.1) is 0 Å². The summed E-state index contributed by atoms with van der Waals surface area (Å²) in [6.07, 6.45) is 3.11. The number of benzene rings is 1. The Morgan fingerprint density at radius 3 is 2.42 bits per heavy atom. The van der Waals surface area contributed by atoms with E-state index >= 15 is 0 Å². The van der Waals surface area contributed by atoms with Crippen molar-refractivity contribution in [2.75, 3.05) is 19.6 Å². The molecule has 4 rings (SSSR count). The second kappa shape index (κ2) is 9.51. The number of piperidine rings is 1. The van der Waals surface area contributed by atoms with Crippen molar-refractivity contribution in [2.24, 2.45) is 0 Å². The van der Waals surface area contributed by atoms with E-state index in [-0.39, 0.29) is 18.6 Å². The Bertz CT molecular complexity index is 949. The van der Waals surface area contributed by atoms with Crippen molar-refractivity contribution in [1.82, 2.24) is 14.4 Å². The van der Waals surface area contributed by atoms with Crippen molar-refractivity contribution in [3.63, 3.8) is 0 Å². The molecule has 0 spiro atoms. The number of carbonyl (C=O) groups is 2. The third-order valence-corrected chi connectivity index (χ3v) is 6.14. The molecule has 1 fully saturated rings. The number of halogens is 2. The van der Waals surface area contributed by atoms with E-state index in [9.17, 15) is 14.7 Å². The number of likely N-dealkylation sites (tertiary alicyclic amines) is 1. The zero-order valence-electron chi connectivity index (χ0n) is 17.1. The number of fused-ring (bicyclic) bond motifs is 1. The van der Waals surface area contributed by atoms with Gasteiger partial charge in [0.2, 0.25) is 0 Å². The lowest BCUT2D eigenvalue weighted by molar-refractivity contribution is 0.0546. The van der Waals surface area contributed by atoms with Gasteiger partial charge >= 0.3 is 6.09 Å². The van der Waals surface area contributed by atoms with Gasteiger partial charge in [0.1, 0.15) is 6.61 Å². The topological polar surface area (TPSA) is 75.0 Å². The fraction of sp³-hybridized carbons (Fsp3) is 0.455. The summed E-state index contributed by atoms with van der Waals surface area (Å²) in [7, 11) is 0. The zero-order valence-corrected chi connectivity index (χ0v) is 18.6. The molecule has 2 amide bonds. The van der Waals surface area contributed by atoms with Gasteiger partial charge in [-0.2, -0.15) is 0 Å². The monoisotopic (exact) mass is 465 g/mol. The van der Waals surface area contributed by atoms with E-state index in [2.05, 4.69) is 0 Å². The summed E-state index contributed by atoms with van der Waals surface area (Å²) in [6, 6.07) is 6.91. The minimum absolute atomic E-state index is 0.0283. The maximum atomic E-state index is 12.8. The number of aliphatic hydroxyl groups excluding tert-OH is 1. The van der Waals surface area contributed by atoms with Gasteiger partial charge < -0.3 is 24.2 Å². The van der Waals surface area contributed by atoms with Crippen LogP contribution < -0.4 is 0 Å². The van der Waals surface area contributed by atoms with Crippen LogP contribution >= 0.6 is 23.2 Å². The second-order valence-electron chi connectivity index (χ2n) is 8.04. The molecule has 7 nitrogen and oxygen atoms in total. The zero-order chi connectivity index (χ0) is 22.0. The van der Waals surface area contributed by atoms with E-state index < -0.39 is 6.09 Å². The Balaban J connectivity index is 1.39. The number of aromatic nitrogens is 1. The first-order valence-electron chi connectivity index (χ1n) is 10.4. The van der Waals surface area contributed by atoms with Crippen LogP contribution in [0.15, 0.2) is 30.5 Å². The van der Waals surface area contributed by atoms with Crippen LogP contribution in [0.2, 0.25) is 10.0 Å². The molecule has 2 aromatic rings. The summed E-state index contributed by atoms with van der Waals surface area (Å²) in [5, 5.41) is 10.6. The average molecular weight is 466 g/mol. The molecule has 1 aromatic heterocycles. The Hall–Kier alpha value is -2.22. The average Bonchev–Trinajstić information content (AvgIpc) is 3.03. The SMILES string of the molecule is O=C(OCc1cc(Cl)cc(Cl)c1)N1CCCn2cc(C(=O)N3CCC(O)CC3)cc2C1. The first-order valence-corrected chi connectivity index (χ1v) is 11.2. The van der Waals surface area contributed by atoms with E-state index in [0.717, 1.165) is 24.2 Å². The van der Waals surface area contributed by atoms with Gasteiger partial charge in [0.15, 0.2) is 0 Å². The van der Waals surface area contributed by atoms with Crippen molar-refractivity contribution in [3.05, 3.63) is 57.3 Å². The highest BCUT2D eigenvalue weighted by molar-refractivity contribution is 6.34. The third-order valence-electron chi connectivity index (χ3n) is 5.71. The normalized spacial score (nSPS) is 17.3. The van der Waals surface area contributed by atoms with Crippen LogP contribution in [-0.4, -0.2) is 57.2 Å². The minimum Gasteiger partial charge on any atom is -0.445 e. The van der Waals surface area contributed by atoms with E-state index in [0.29, 0.717) is 54.6 Å². The molecule has 0 aliphatic carbocycles. The molecular weight excluding hydrogens is 441 g/mol. The lowest BCUT2D eigenvalue weighted by Crippen LogP contribution is -2.39. The first-order chi connectivity index (χ1) is 14.9. The number of hydrogen-bond acceptors (Lipinski definition) is 4. The molecule has 9 heteroatoms. The number of nitrogens with zero attached hydrogens (tertiary/aromatic N) is 3. The highest BCUT2D eigenvalue weighted by Gasteiger charge is 2.26. The van der Waals surface area contributed by atoms with Gasteiger partial charge in [-0.25, -0.2) is 4.79 Å². The molecule has 3 heterocycles. The third kappa shape index (κ3) is 5.34. The Morgan fingerprint density at radius 2 is 1.71 bits per heavy atom. The summed E-state index contributed by atoms with van der Waals surface area (Å²) in [5.41, 5.74) is 2.25. The highest BCUT2D eigenvalue weighted by atomic mass is 35.5. The maximum Gasteiger partial charge on any atom is 0.410 e. The number of hydrogen-bond donors (Lipinski definition) is 1. The van der Waals surface area contributed by atoms with Crippen molar-refractivity contribution in [3.8, 4) is 0 Å². The molecule has 31 heavy (non-hydrogen) atoms. The van der Waals surface area contributed by atoms with Crippen LogP contribution in [0.3, 0.4) is 0 Å². The summed E-state index contributed by atoms with van der Waals surface area (Å²) in [4.78, 5) is 28.9. The lowest BCUT2D eigenvalue weighted by Gasteiger charge is -2.29. The Kier molecular flexibility index (Phi) is 6.74. The summed E-state index contributed by atoms with van der Waals surface area (Å²) < 4.78 is 7.51. The smallest absolute Gasteiger partial charge is 0.410 e. The van der Waals surface area contributed by atoms with Crippen molar-refractivity contribution >= 4 is 35.2 Å². The number of carbonyl (C=O) groups excluding carboxylic acids is 2. The molecule has 0 saturated carbocycles. The van der Waals surface area contributed by atoms with Crippen LogP contribution in [-0.2, 0) is 24.4 Å². The maximum absolute atomic E-state index is 12.8. The van der Waals surface area contributed by atoms with Crippen LogP contribution in [0.1, 0.15) is 40.9 Å². The van der Waals surface area contributed by atoms with Gasteiger partial charge in [-0.15, -0.1) is 0 Å². The minimum atomic E-state index is -0.413. The van der Waals surface area contributed by atoms with Crippen LogP contribution in [0.5, 0.6) is 0 Å². The van der Waals surface area contributed by atoms with Crippen molar-refractivity contribution in [2.45, 2.75) is 45.1 Å². The standard InChI is InChI=1S/C22H25Cl2N3O4/c23-17-8-15(9-18(24)11-17)14-31-22(30)27-5-1-4-26-12-16(10-19(26)13-27)21(29)25-6-2-20(28)3-7-25/h8-12,20,28H,1-7,13-14H2. The molecular formula is C22H25Cl2N3O4. The van der Waals surface area contributed by atoms with Gasteiger partial charge in [0, 0.05) is 48.1 Å². The first kappa shape index (κ1) is 22.0. The molecule has 2 aliphatic heterocycles. The second-order valence-corrected chi connectivity index (χ2v) is 8.92. The van der Waals surface area contributed by atoms with E-state index in [1.807, 2.05) is 16.8 Å². The van der Waals surface area contributed by atoms with Gasteiger partial charge in [0.25, 0.3) is 5.91 Å². The summed E-state index contributed by atoms with van der Waals surface area (Å²) in [5.74, 6) is -0.0283. The Labute approximate surface area is 191 Å². The predicted molar refractivity (Wildman–Crippen MR) is 117 cm³/mol. The van der Waals surface area contributed by atoms with E-state index in [4.69, 9.17) is 27.9 Å². The molecule has 1 saturated heterocycles. The number of ether oxygens (including phenoxy) is 1. The summed E-state index contributed by atoms with van der Waals surface area (Å²) >= 11 is 12.0. The van der Waals surface area contributed by atoms with Crippen molar-refractivity contribution in [1.29, 1.82) is 0 Å². The number of rotatable bonds is 3. The van der Waals surface area contributed by atoms with Gasteiger partial charge in [0.05, 0.1) is 18.2 Å². The molecule has 2 aliphatic rings. The Morgan fingerprint density at radius 1 is 1.00 bits per heavy atom. The van der Waals surface area contributed by atoms with E-state index in [1.165, 1.54) is 0 Å². The molecule has 0 unspecified atom stereocenters. The van der Waals surface area contributed by atoms with Gasteiger partial charge in [-0.05, 0) is 49.1 Å². The number of aryl methyl sites for hydroxylation is 1. The van der Waals surface area contributed by atoms with Gasteiger partial charge in [-0.1, -0.05) is 23.2 Å². The quantitative estimate of drug-likeness (QED) is 0.744. The van der Waals surface area contributed by atoms with Crippen molar-refractivity contribution < 1.29 is 19.4 Å². The largest absolute Gasteiger partial charge is 0.445 e. The molecule has 0 atom stereocenters. The van der Waals surface area contributed by atoms with Gasteiger partial charge in [-0.3, -0.25) is 4.79 Å². The van der Waals surface area contributed by atoms with E-state index in [1.54, 1.807) is 28.0 Å². The molecule has 1 aromatic carbocycles. The van der Waals surface area contributed by atoms with Crippen LogP contribution in [0.25, 0.3) is 0 Å². The lowest BCUT2D eigenvalue weighted by atomic mass is 10.1. The van der Waals surface area contributed by atoms with Crippen LogP contribution in [0.4, 0.5) is 4.79 Å².